The van der Waals surface area contributed by atoms with E-state index < -0.39 is 26.2 Å². The van der Waals surface area contributed by atoms with Crippen LogP contribution >= 0.6 is 0 Å². The van der Waals surface area contributed by atoms with Crippen LogP contribution in [0.5, 0.6) is 0 Å². The molecule has 0 bridgehead atoms. The number of ketones is 1. The van der Waals surface area contributed by atoms with Crippen LogP contribution in [0.3, 0.4) is 0 Å². The van der Waals surface area contributed by atoms with Gasteiger partial charge >= 0.3 is 6.03 Å². The van der Waals surface area contributed by atoms with E-state index in [0.29, 0.717) is 12.0 Å². The third kappa shape index (κ3) is 9.12. The number of Topliss-reactive ketones (excluding diaryl/α,β-unsaturated/α-hetero) is 1. The summed E-state index contributed by atoms with van der Waals surface area (Å²) in [7, 11) is -7.95. The second kappa shape index (κ2) is 14.7. The zero-order valence-corrected chi connectivity index (χ0v) is 28.0. The van der Waals surface area contributed by atoms with Crippen molar-refractivity contribution in [3.63, 3.8) is 0 Å². The Morgan fingerprint density at radius 3 is 1.91 bits per heavy atom. The van der Waals surface area contributed by atoms with Crippen LogP contribution in [0.2, 0.25) is 0 Å². The number of urea groups is 1. The average molecular weight is 677 g/mol. The molecule has 13 heteroatoms. The number of hydrogen-bond donors (Lipinski definition) is 3. The minimum absolute atomic E-state index is 0.00116. The van der Waals surface area contributed by atoms with Crippen molar-refractivity contribution in [3.05, 3.63) is 119 Å². The smallest absolute Gasteiger partial charge is 0.328 e. The Balaban J connectivity index is 0.000000385. The van der Waals surface area contributed by atoms with Crippen molar-refractivity contribution in [2.45, 2.75) is 50.3 Å². The first-order valence-electron chi connectivity index (χ1n) is 14.7. The largest absolute Gasteiger partial charge is 0.337 e. The van der Waals surface area contributed by atoms with Crippen LogP contribution in [0, 0.1) is 13.8 Å². The van der Waals surface area contributed by atoms with E-state index in [0.717, 1.165) is 45.7 Å². The fourth-order valence-electron chi connectivity index (χ4n) is 4.65. The number of nitrogens with one attached hydrogen (secondary N) is 2. The summed E-state index contributed by atoms with van der Waals surface area (Å²) < 4.78 is 58.3. The molecule has 0 fully saturated rings. The van der Waals surface area contributed by atoms with Gasteiger partial charge in [-0.2, -0.15) is 8.42 Å². The molecule has 0 aliphatic rings. The molecule has 0 radical (unpaired) electrons. The molecule has 4 aromatic carbocycles. The molecule has 0 atom stereocenters. The van der Waals surface area contributed by atoms with Crippen molar-refractivity contribution in [1.29, 1.82) is 0 Å². The molecule has 1 heterocycles. The Labute approximate surface area is 274 Å². The summed E-state index contributed by atoms with van der Waals surface area (Å²) in [5.74, 6) is 0.896. The molecule has 0 aliphatic carbocycles. The topological polar surface area (TPSA) is 165 Å². The number of imidazole rings is 1. The van der Waals surface area contributed by atoms with Gasteiger partial charge in [0.05, 0.1) is 20.8 Å². The summed E-state index contributed by atoms with van der Waals surface area (Å²) in [5, 5.41) is 2.59. The van der Waals surface area contributed by atoms with E-state index in [1.54, 1.807) is 37.3 Å². The van der Waals surface area contributed by atoms with Crippen molar-refractivity contribution in [3.8, 4) is 5.69 Å². The number of sulfonamides is 1. The second-order valence-electron chi connectivity index (χ2n) is 10.9. The maximum atomic E-state index is 12.3. The molecule has 3 N–H and O–H groups in total. The number of amides is 2. The number of carbonyl (C=O) groups excluding carboxylic acids is 2. The zero-order valence-electron chi connectivity index (χ0n) is 26.4. The number of benzene rings is 4. The molecule has 0 saturated heterocycles. The van der Waals surface area contributed by atoms with Gasteiger partial charge in [-0.15, -0.1) is 0 Å². The standard InChI is InChI=1S/C27H28N4O4S.C7H8O3S/c1-4-26-29-24-14-9-21(19(3)32)17-25(24)31(26)22-10-7-20(8-11-22)15-16-28-27(33)30-36(34,35)23-12-5-18(2)6-13-23;1-6-2-4-7(5-3-6)11(8,9)10/h5-14,17H,4,15-16H2,1-3H3,(H2,28,30,33);2-5H,1H3,(H,8,9,10). The Morgan fingerprint density at radius 2 is 1.38 bits per heavy atom. The predicted octanol–water partition coefficient (Wildman–Crippen LogP) is 5.57. The van der Waals surface area contributed by atoms with Crippen LogP contribution in [0.4, 0.5) is 4.79 Å². The number of fused-ring (bicyclic) bond motifs is 1. The van der Waals surface area contributed by atoms with Crippen molar-refractivity contribution in [1.82, 2.24) is 19.6 Å². The number of carbonyl (C=O) groups is 2. The molecular formula is C34H36N4O7S2. The molecule has 47 heavy (non-hydrogen) atoms. The van der Waals surface area contributed by atoms with Gasteiger partial charge in [0.25, 0.3) is 20.1 Å². The van der Waals surface area contributed by atoms with E-state index in [4.69, 9.17) is 9.54 Å². The molecule has 11 nitrogen and oxygen atoms in total. The Bertz CT molecular complexity index is 2110. The maximum Gasteiger partial charge on any atom is 0.328 e. The zero-order chi connectivity index (χ0) is 34.4. The molecule has 5 aromatic rings. The van der Waals surface area contributed by atoms with Crippen LogP contribution in [-0.2, 0) is 33.0 Å². The Hall–Kier alpha value is -4.85. The van der Waals surface area contributed by atoms with Crippen molar-refractivity contribution < 1.29 is 31.0 Å². The van der Waals surface area contributed by atoms with Gasteiger partial charge in [0.15, 0.2) is 5.78 Å². The van der Waals surface area contributed by atoms with Crippen LogP contribution in [0.1, 0.15) is 46.7 Å². The van der Waals surface area contributed by atoms with Gasteiger partial charge in [-0.25, -0.2) is 22.9 Å². The quantitative estimate of drug-likeness (QED) is 0.135. The summed E-state index contributed by atoms with van der Waals surface area (Å²) in [6.07, 6.45) is 1.26. The van der Waals surface area contributed by atoms with Gasteiger partial charge in [0, 0.05) is 24.2 Å². The summed E-state index contributed by atoms with van der Waals surface area (Å²) in [6, 6.07) is 24.9. The molecule has 2 amide bonds. The molecule has 0 unspecified atom stereocenters. The number of nitrogens with zero attached hydrogens (tertiary/aromatic N) is 2. The Kier molecular flexibility index (Phi) is 11.0. The monoisotopic (exact) mass is 676 g/mol. The SMILES string of the molecule is CCc1nc2ccc(C(C)=O)cc2n1-c1ccc(CCNC(=O)NS(=O)(=O)c2ccc(C)cc2)cc1.Cc1ccc(S(=O)(=O)O)cc1. The highest BCUT2D eigenvalue weighted by atomic mass is 32.2. The van der Waals surface area contributed by atoms with Crippen molar-refractivity contribution in [2.24, 2.45) is 0 Å². The van der Waals surface area contributed by atoms with Crippen molar-refractivity contribution >= 4 is 43.0 Å². The lowest BCUT2D eigenvalue weighted by Crippen LogP contribution is -2.40. The molecular weight excluding hydrogens is 641 g/mol. The average Bonchev–Trinajstić information content (AvgIpc) is 3.39. The van der Waals surface area contributed by atoms with Gasteiger partial charge in [0.2, 0.25) is 0 Å². The van der Waals surface area contributed by atoms with Crippen LogP contribution in [-0.4, -0.2) is 49.3 Å². The predicted molar refractivity (Wildman–Crippen MR) is 180 cm³/mol. The molecule has 5 rings (SSSR count). The lowest BCUT2D eigenvalue weighted by Gasteiger charge is -2.11. The van der Waals surface area contributed by atoms with Gasteiger partial charge in [0.1, 0.15) is 5.82 Å². The minimum Gasteiger partial charge on any atom is -0.337 e. The molecule has 1 aromatic heterocycles. The fourth-order valence-corrected chi connectivity index (χ4v) is 6.05. The summed E-state index contributed by atoms with van der Waals surface area (Å²) in [4.78, 5) is 28.7. The van der Waals surface area contributed by atoms with E-state index in [1.165, 1.54) is 24.3 Å². The van der Waals surface area contributed by atoms with Crippen LogP contribution in [0.15, 0.2) is 101 Å². The van der Waals surface area contributed by atoms with Crippen LogP contribution in [0.25, 0.3) is 16.7 Å². The van der Waals surface area contributed by atoms with Crippen LogP contribution < -0.4 is 10.0 Å². The summed E-state index contributed by atoms with van der Waals surface area (Å²) >= 11 is 0. The number of aromatic nitrogens is 2. The maximum absolute atomic E-state index is 12.3. The summed E-state index contributed by atoms with van der Waals surface area (Å²) in [6.45, 7) is 7.55. The summed E-state index contributed by atoms with van der Waals surface area (Å²) in [5.41, 5.74) is 6.13. The van der Waals surface area contributed by atoms with Gasteiger partial charge in [-0.1, -0.05) is 54.4 Å². The van der Waals surface area contributed by atoms with E-state index in [-0.39, 0.29) is 22.1 Å². The third-order valence-corrected chi connectivity index (χ3v) is 9.43. The Morgan fingerprint density at radius 1 is 0.809 bits per heavy atom. The minimum atomic E-state index is -4.02. The van der Waals surface area contributed by atoms with E-state index in [2.05, 4.69) is 5.32 Å². The normalized spacial score (nSPS) is 11.4. The lowest BCUT2D eigenvalue weighted by molar-refractivity contribution is 0.101. The fraction of sp³-hybridized carbons (Fsp3) is 0.206. The first-order chi connectivity index (χ1) is 22.2. The van der Waals surface area contributed by atoms with Crippen molar-refractivity contribution in [2.75, 3.05) is 6.54 Å². The molecule has 0 saturated carbocycles. The molecule has 0 aliphatic heterocycles. The highest BCUT2D eigenvalue weighted by Gasteiger charge is 2.17. The number of aryl methyl sites for hydroxylation is 3. The molecule has 246 valence electrons. The number of hydrogen-bond acceptors (Lipinski definition) is 7. The second-order valence-corrected chi connectivity index (χ2v) is 14.0. The first-order valence-corrected chi connectivity index (χ1v) is 17.6. The highest BCUT2D eigenvalue weighted by Crippen LogP contribution is 2.24. The van der Waals surface area contributed by atoms with E-state index >= 15 is 0 Å². The highest BCUT2D eigenvalue weighted by molar-refractivity contribution is 7.90. The lowest BCUT2D eigenvalue weighted by atomic mass is 10.1. The molecule has 0 spiro atoms. The number of rotatable bonds is 9. The van der Waals surface area contributed by atoms with E-state index in [9.17, 15) is 26.4 Å². The van der Waals surface area contributed by atoms with E-state index in [1.807, 2.05) is 66.5 Å². The first kappa shape index (κ1) is 35.0. The van der Waals surface area contributed by atoms with Gasteiger partial charge < -0.3 is 5.32 Å². The third-order valence-electron chi connectivity index (χ3n) is 7.22. The van der Waals surface area contributed by atoms with Gasteiger partial charge in [-0.3, -0.25) is 13.9 Å². The van der Waals surface area contributed by atoms with Gasteiger partial charge in [-0.05, 0) is 87.4 Å².